The van der Waals surface area contributed by atoms with Crippen LogP contribution in [0.25, 0.3) is 11.4 Å². The molecule has 0 saturated carbocycles. The van der Waals surface area contributed by atoms with Crippen molar-refractivity contribution in [1.82, 2.24) is 14.8 Å². The van der Waals surface area contributed by atoms with Gasteiger partial charge < -0.3 is 9.15 Å². The van der Waals surface area contributed by atoms with Crippen LogP contribution in [0.4, 0.5) is 0 Å². The molecule has 4 rings (SSSR count). The number of hydrogen-bond acceptors (Lipinski definition) is 6. The third kappa shape index (κ3) is 3.99. The lowest BCUT2D eigenvalue weighted by Crippen LogP contribution is -2.17. The van der Waals surface area contributed by atoms with Crippen LogP contribution in [-0.4, -0.2) is 39.0 Å². The number of aromatic nitrogens is 3. The zero-order valence-electron chi connectivity index (χ0n) is 15.1. The Bertz CT molecular complexity index is 914. The highest BCUT2D eigenvalue weighted by Crippen LogP contribution is 2.29. The summed E-state index contributed by atoms with van der Waals surface area (Å²) in [6, 6.07) is 11.2. The van der Waals surface area contributed by atoms with E-state index in [1.807, 2.05) is 43.3 Å². The highest BCUT2D eigenvalue weighted by Gasteiger charge is 2.23. The molecular formula is C20H21N3O3S. The number of furan rings is 1. The zero-order chi connectivity index (χ0) is 18.6. The van der Waals surface area contributed by atoms with Crippen molar-refractivity contribution in [1.29, 1.82) is 0 Å². The summed E-state index contributed by atoms with van der Waals surface area (Å²) < 4.78 is 13.3. The Morgan fingerprint density at radius 1 is 1.26 bits per heavy atom. The van der Waals surface area contributed by atoms with Gasteiger partial charge in [-0.25, -0.2) is 0 Å². The van der Waals surface area contributed by atoms with E-state index in [9.17, 15) is 4.79 Å². The number of nitrogens with zero attached hydrogens (tertiary/aromatic N) is 3. The summed E-state index contributed by atoms with van der Waals surface area (Å²) in [5, 5.41) is 9.45. The Hall–Kier alpha value is -2.38. The van der Waals surface area contributed by atoms with Gasteiger partial charge in [0.05, 0.1) is 30.2 Å². The number of rotatable bonds is 7. The van der Waals surface area contributed by atoms with Crippen molar-refractivity contribution in [3.8, 4) is 11.4 Å². The third-order valence-corrected chi connectivity index (χ3v) is 5.62. The van der Waals surface area contributed by atoms with Crippen LogP contribution in [0.1, 0.15) is 29.0 Å². The van der Waals surface area contributed by atoms with Gasteiger partial charge in [0, 0.05) is 12.2 Å². The maximum absolute atomic E-state index is 12.4. The van der Waals surface area contributed by atoms with Crippen LogP contribution < -0.4 is 0 Å². The van der Waals surface area contributed by atoms with Gasteiger partial charge in [-0.15, -0.1) is 10.2 Å². The SMILES string of the molecule is Cc1occc1-c1nnc(SCC(=O)c2ccccc2)n1C[C@H]1CCCO1. The molecule has 1 fully saturated rings. The molecule has 6 nitrogen and oxygen atoms in total. The quantitative estimate of drug-likeness (QED) is 0.454. The average molecular weight is 383 g/mol. The first-order valence-electron chi connectivity index (χ1n) is 9.02. The summed E-state index contributed by atoms with van der Waals surface area (Å²) in [5.41, 5.74) is 1.63. The van der Waals surface area contributed by atoms with Gasteiger partial charge in [0.2, 0.25) is 0 Å². The van der Waals surface area contributed by atoms with Crippen molar-refractivity contribution in [2.45, 2.75) is 37.6 Å². The average Bonchev–Trinajstić information content (AvgIpc) is 3.43. The highest BCUT2D eigenvalue weighted by molar-refractivity contribution is 7.99. The van der Waals surface area contributed by atoms with Gasteiger partial charge in [0.15, 0.2) is 16.8 Å². The minimum absolute atomic E-state index is 0.0771. The first kappa shape index (κ1) is 18.0. The number of thioether (sulfide) groups is 1. The van der Waals surface area contributed by atoms with Crippen LogP contribution in [0, 0.1) is 6.92 Å². The van der Waals surface area contributed by atoms with Crippen molar-refractivity contribution in [3.63, 3.8) is 0 Å². The summed E-state index contributed by atoms with van der Waals surface area (Å²) in [6.45, 7) is 3.38. The molecule has 0 bridgehead atoms. The fraction of sp³-hybridized carbons (Fsp3) is 0.350. The number of benzene rings is 1. The predicted octanol–water partition coefficient (Wildman–Crippen LogP) is 4.00. The molecule has 3 aromatic rings. The number of Topliss-reactive ketones (excluding diaryl/α,β-unsaturated/α-hetero) is 1. The van der Waals surface area contributed by atoms with E-state index in [0.29, 0.717) is 17.9 Å². The Labute approximate surface area is 161 Å². The van der Waals surface area contributed by atoms with E-state index in [0.717, 1.165) is 41.8 Å². The smallest absolute Gasteiger partial charge is 0.192 e. The fourth-order valence-electron chi connectivity index (χ4n) is 3.21. The summed E-state index contributed by atoms with van der Waals surface area (Å²) in [6.07, 6.45) is 3.90. The second-order valence-corrected chi connectivity index (χ2v) is 7.46. The van der Waals surface area contributed by atoms with Crippen molar-refractivity contribution in [2.24, 2.45) is 0 Å². The number of carbonyl (C=O) groups is 1. The molecule has 3 heterocycles. The van der Waals surface area contributed by atoms with Crippen molar-refractivity contribution in [2.75, 3.05) is 12.4 Å². The predicted molar refractivity (Wildman–Crippen MR) is 103 cm³/mol. The Morgan fingerprint density at radius 2 is 2.11 bits per heavy atom. The van der Waals surface area contributed by atoms with Gasteiger partial charge in [-0.3, -0.25) is 9.36 Å². The zero-order valence-corrected chi connectivity index (χ0v) is 15.9. The highest BCUT2D eigenvalue weighted by atomic mass is 32.2. The molecule has 0 spiro atoms. The summed E-state index contributed by atoms with van der Waals surface area (Å²) in [7, 11) is 0. The van der Waals surface area contributed by atoms with Gasteiger partial charge in [-0.2, -0.15) is 0 Å². The largest absolute Gasteiger partial charge is 0.469 e. The maximum atomic E-state index is 12.4. The third-order valence-electron chi connectivity index (χ3n) is 4.65. The molecular weight excluding hydrogens is 362 g/mol. The monoisotopic (exact) mass is 383 g/mol. The van der Waals surface area contributed by atoms with Crippen molar-refractivity contribution >= 4 is 17.5 Å². The fourth-order valence-corrected chi connectivity index (χ4v) is 4.05. The Balaban J connectivity index is 1.57. The minimum atomic E-state index is 0.0771. The molecule has 27 heavy (non-hydrogen) atoms. The molecule has 1 aliphatic heterocycles. The number of ether oxygens (including phenoxy) is 1. The van der Waals surface area contributed by atoms with E-state index in [1.54, 1.807) is 6.26 Å². The van der Waals surface area contributed by atoms with E-state index in [-0.39, 0.29) is 11.9 Å². The number of aryl methyl sites for hydroxylation is 1. The van der Waals surface area contributed by atoms with Gasteiger partial charge in [0.1, 0.15) is 5.76 Å². The molecule has 1 aliphatic rings. The summed E-state index contributed by atoms with van der Waals surface area (Å²) in [4.78, 5) is 12.4. The van der Waals surface area contributed by atoms with Crippen LogP contribution in [0.2, 0.25) is 0 Å². The summed E-state index contributed by atoms with van der Waals surface area (Å²) in [5.74, 6) is 1.95. The van der Waals surface area contributed by atoms with Gasteiger partial charge in [-0.05, 0) is 25.8 Å². The second-order valence-electron chi connectivity index (χ2n) is 6.52. The van der Waals surface area contributed by atoms with E-state index >= 15 is 0 Å². The maximum Gasteiger partial charge on any atom is 0.192 e. The first-order chi connectivity index (χ1) is 13.2. The Kier molecular flexibility index (Phi) is 5.40. The summed E-state index contributed by atoms with van der Waals surface area (Å²) >= 11 is 1.41. The number of carbonyl (C=O) groups excluding carboxylic acids is 1. The lowest BCUT2D eigenvalue weighted by molar-refractivity contribution is 0.0953. The molecule has 0 unspecified atom stereocenters. The van der Waals surface area contributed by atoms with Crippen molar-refractivity contribution in [3.05, 3.63) is 54.0 Å². The van der Waals surface area contributed by atoms with E-state index in [2.05, 4.69) is 14.8 Å². The molecule has 7 heteroatoms. The van der Waals surface area contributed by atoms with Crippen LogP contribution in [0.3, 0.4) is 0 Å². The van der Waals surface area contributed by atoms with Gasteiger partial charge in [-0.1, -0.05) is 42.1 Å². The van der Waals surface area contributed by atoms with Crippen LogP contribution in [-0.2, 0) is 11.3 Å². The minimum Gasteiger partial charge on any atom is -0.469 e. The topological polar surface area (TPSA) is 70.2 Å². The molecule has 0 N–H and O–H groups in total. The number of ketones is 1. The van der Waals surface area contributed by atoms with E-state index in [4.69, 9.17) is 9.15 Å². The lowest BCUT2D eigenvalue weighted by atomic mass is 10.2. The normalized spacial score (nSPS) is 16.7. The number of hydrogen-bond donors (Lipinski definition) is 0. The van der Waals surface area contributed by atoms with Gasteiger partial charge >= 0.3 is 0 Å². The molecule has 2 aromatic heterocycles. The molecule has 140 valence electrons. The second kappa shape index (κ2) is 8.10. The van der Waals surface area contributed by atoms with Crippen LogP contribution in [0.15, 0.2) is 52.2 Å². The van der Waals surface area contributed by atoms with Crippen LogP contribution >= 0.6 is 11.8 Å². The van der Waals surface area contributed by atoms with Gasteiger partial charge in [0.25, 0.3) is 0 Å². The van der Waals surface area contributed by atoms with E-state index in [1.165, 1.54) is 11.8 Å². The standard InChI is InChI=1S/C20H21N3O3S/c1-14-17(9-11-25-14)19-21-22-20(23(19)12-16-8-5-10-26-16)27-13-18(24)15-6-3-2-4-7-15/h2-4,6-7,9,11,16H,5,8,10,12-13H2,1H3/t16-/m1/s1. The van der Waals surface area contributed by atoms with E-state index < -0.39 is 0 Å². The first-order valence-corrected chi connectivity index (χ1v) is 10.0. The van der Waals surface area contributed by atoms with Crippen LogP contribution in [0.5, 0.6) is 0 Å². The van der Waals surface area contributed by atoms with Crippen molar-refractivity contribution < 1.29 is 13.9 Å². The molecule has 1 atom stereocenters. The molecule has 0 radical (unpaired) electrons. The molecule has 1 aromatic carbocycles. The molecule has 1 saturated heterocycles. The molecule has 0 aliphatic carbocycles. The Morgan fingerprint density at radius 3 is 2.81 bits per heavy atom. The molecule has 0 amide bonds. The lowest BCUT2D eigenvalue weighted by Gasteiger charge is -2.14.